The third kappa shape index (κ3) is 6.19. The molecule has 1 aliphatic heterocycles. The number of esters is 1. The first-order valence-corrected chi connectivity index (χ1v) is 14.9. The van der Waals surface area contributed by atoms with Crippen molar-refractivity contribution in [2.45, 2.75) is 63.8 Å². The third-order valence-corrected chi connectivity index (χ3v) is 9.42. The topological polar surface area (TPSA) is 98.0 Å². The van der Waals surface area contributed by atoms with Crippen molar-refractivity contribution in [2.75, 3.05) is 19.7 Å². The highest BCUT2D eigenvalue weighted by Gasteiger charge is 2.25. The molecule has 2 aromatic carbocycles. The van der Waals surface area contributed by atoms with Gasteiger partial charge in [-0.1, -0.05) is 44.1 Å². The number of aromatic nitrogens is 1. The van der Waals surface area contributed by atoms with Crippen molar-refractivity contribution < 1.29 is 22.7 Å². The second kappa shape index (κ2) is 11.7. The summed E-state index contributed by atoms with van der Waals surface area (Å²) in [6, 6.07) is 11.9. The van der Waals surface area contributed by atoms with Crippen LogP contribution in [0.5, 0.6) is 0 Å². The van der Waals surface area contributed by atoms with E-state index >= 15 is 0 Å². The molecule has 0 aliphatic carbocycles. The zero-order chi connectivity index (χ0) is 26.6. The summed E-state index contributed by atoms with van der Waals surface area (Å²) in [6.07, 6.45) is 3.78. The van der Waals surface area contributed by atoms with Crippen LogP contribution < -0.4 is 4.80 Å². The summed E-state index contributed by atoms with van der Waals surface area (Å²) < 4.78 is 35.4. The Balaban J connectivity index is 1.67. The molecule has 0 saturated carbocycles. The Morgan fingerprint density at radius 3 is 2.32 bits per heavy atom. The van der Waals surface area contributed by atoms with Crippen molar-refractivity contribution in [1.82, 2.24) is 8.87 Å². The van der Waals surface area contributed by atoms with Crippen LogP contribution in [-0.4, -0.2) is 48.9 Å². The van der Waals surface area contributed by atoms with E-state index in [-0.39, 0.29) is 23.6 Å². The van der Waals surface area contributed by atoms with Gasteiger partial charge in [0, 0.05) is 18.7 Å². The van der Waals surface area contributed by atoms with E-state index in [4.69, 9.17) is 4.74 Å². The number of amides is 1. The molecule has 10 heteroatoms. The zero-order valence-electron chi connectivity index (χ0n) is 21.5. The molecule has 1 amide bonds. The molecule has 0 radical (unpaired) electrons. The fraction of sp³-hybridized carbons (Fsp3) is 0.444. The van der Waals surface area contributed by atoms with Crippen LogP contribution in [0.1, 0.15) is 68.3 Å². The molecule has 1 aromatic heterocycles. The fourth-order valence-corrected chi connectivity index (χ4v) is 6.97. The van der Waals surface area contributed by atoms with Gasteiger partial charge in [0.1, 0.15) is 6.54 Å². The molecule has 37 heavy (non-hydrogen) atoms. The van der Waals surface area contributed by atoms with Gasteiger partial charge in [-0.2, -0.15) is 9.30 Å². The first-order chi connectivity index (χ1) is 17.7. The number of fused-ring (bicyclic) bond motifs is 1. The Labute approximate surface area is 221 Å². The van der Waals surface area contributed by atoms with E-state index in [1.54, 1.807) is 11.5 Å². The normalized spacial score (nSPS) is 15.7. The Morgan fingerprint density at radius 1 is 1.03 bits per heavy atom. The van der Waals surface area contributed by atoms with E-state index in [0.29, 0.717) is 23.8 Å². The summed E-state index contributed by atoms with van der Waals surface area (Å²) >= 11 is 1.33. The Bertz CT molecular complexity index is 1450. The molecule has 0 spiro atoms. The van der Waals surface area contributed by atoms with E-state index < -0.39 is 21.9 Å². The number of hydrogen-bond acceptors (Lipinski definition) is 6. The van der Waals surface area contributed by atoms with Gasteiger partial charge >= 0.3 is 5.97 Å². The van der Waals surface area contributed by atoms with Gasteiger partial charge in [-0.25, -0.2) is 8.42 Å². The lowest BCUT2D eigenvalue weighted by molar-refractivity contribution is -0.143. The average molecular weight is 544 g/mol. The van der Waals surface area contributed by atoms with Gasteiger partial charge < -0.3 is 9.30 Å². The highest BCUT2D eigenvalue weighted by Crippen LogP contribution is 2.24. The predicted molar refractivity (Wildman–Crippen MR) is 144 cm³/mol. The van der Waals surface area contributed by atoms with Gasteiger partial charge in [0.2, 0.25) is 10.0 Å². The van der Waals surface area contributed by atoms with E-state index in [9.17, 15) is 18.0 Å². The van der Waals surface area contributed by atoms with Crippen molar-refractivity contribution in [2.24, 2.45) is 4.99 Å². The lowest BCUT2D eigenvalue weighted by atomic mass is 10.0. The molecule has 0 unspecified atom stereocenters. The van der Waals surface area contributed by atoms with Gasteiger partial charge in [0.25, 0.3) is 5.91 Å². The van der Waals surface area contributed by atoms with E-state index in [0.717, 1.165) is 41.5 Å². The van der Waals surface area contributed by atoms with Crippen LogP contribution in [0.4, 0.5) is 0 Å². The maximum Gasteiger partial charge on any atom is 0.326 e. The predicted octanol–water partition coefficient (Wildman–Crippen LogP) is 4.70. The minimum atomic E-state index is -3.60. The number of benzene rings is 2. The summed E-state index contributed by atoms with van der Waals surface area (Å²) in [4.78, 5) is 30.3. The largest absolute Gasteiger partial charge is 0.465 e. The minimum Gasteiger partial charge on any atom is -0.465 e. The monoisotopic (exact) mass is 543 g/mol. The van der Waals surface area contributed by atoms with Gasteiger partial charge in [-0.15, -0.1) is 0 Å². The zero-order valence-corrected chi connectivity index (χ0v) is 23.1. The summed E-state index contributed by atoms with van der Waals surface area (Å²) in [5, 5.41) is 0. The van der Waals surface area contributed by atoms with Crippen molar-refractivity contribution in [3.63, 3.8) is 0 Å². The van der Waals surface area contributed by atoms with Crippen molar-refractivity contribution >= 4 is 43.5 Å². The van der Waals surface area contributed by atoms with Crippen LogP contribution in [0.3, 0.4) is 0 Å². The second-order valence-corrected chi connectivity index (χ2v) is 12.4. The highest BCUT2D eigenvalue weighted by molar-refractivity contribution is 7.89. The fourth-order valence-electron chi connectivity index (χ4n) is 4.37. The van der Waals surface area contributed by atoms with E-state index in [2.05, 4.69) is 24.9 Å². The number of sulfonamides is 1. The number of thiazole rings is 1. The molecule has 1 fully saturated rings. The van der Waals surface area contributed by atoms with Crippen LogP contribution in [0, 0.1) is 0 Å². The number of ether oxygens (including phenoxy) is 1. The summed E-state index contributed by atoms with van der Waals surface area (Å²) in [6.45, 7) is 7.19. The maximum atomic E-state index is 13.1. The van der Waals surface area contributed by atoms with Crippen LogP contribution in [0.2, 0.25) is 0 Å². The molecule has 0 N–H and O–H groups in total. The van der Waals surface area contributed by atoms with Crippen LogP contribution in [0.15, 0.2) is 52.4 Å². The first-order valence-electron chi connectivity index (χ1n) is 12.7. The highest BCUT2D eigenvalue weighted by atomic mass is 32.2. The van der Waals surface area contributed by atoms with Gasteiger partial charge in [-0.3, -0.25) is 9.59 Å². The van der Waals surface area contributed by atoms with Gasteiger partial charge in [0.05, 0.1) is 21.7 Å². The molecule has 0 atom stereocenters. The van der Waals surface area contributed by atoms with Crippen LogP contribution in [0.25, 0.3) is 10.2 Å². The maximum absolute atomic E-state index is 13.1. The van der Waals surface area contributed by atoms with E-state index in [1.807, 2.05) is 12.1 Å². The SMILES string of the molecule is CCOC(=O)Cn1c(=NC(=O)c2ccc(S(=O)(=O)N3CCCCCC3)cc2)sc2cc(C(C)C)ccc21. The van der Waals surface area contributed by atoms with Gasteiger partial charge in [-0.05, 0) is 67.6 Å². The number of nitrogens with zero attached hydrogens (tertiary/aromatic N) is 3. The molecule has 0 bridgehead atoms. The molecule has 3 aromatic rings. The summed E-state index contributed by atoms with van der Waals surface area (Å²) in [5.74, 6) is -0.588. The molecular weight excluding hydrogens is 510 g/mol. The Hall–Kier alpha value is -2.82. The first kappa shape index (κ1) is 27.2. The Morgan fingerprint density at radius 2 is 1.70 bits per heavy atom. The molecule has 8 nitrogen and oxygen atoms in total. The third-order valence-electron chi connectivity index (χ3n) is 6.47. The lowest BCUT2D eigenvalue weighted by Gasteiger charge is -2.19. The summed E-state index contributed by atoms with van der Waals surface area (Å²) in [7, 11) is -3.60. The molecule has 2 heterocycles. The number of rotatable bonds is 7. The average Bonchev–Trinajstić information content (AvgIpc) is 3.03. The second-order valence-electron chi connectivity index (χ2n) is 9.42. The molecular formula is C27H33N3O5S2. The number of carbonyl (C=O) groups excluding carboxylic acids is 2. The van der Waals surface area contributed by atoms with Crippen molar-refractivity contribution in [3.05, 3.63) is 58.4 Å². The quantitative estimate of drug-likeness (QED) is 0.403. The molecule has 1 aliphatic rings. The molecule has 1 saturated heterocycles. The van der Waals surface area contributed by atoms with Gasteiger partial charge in [0.15, 0.2) is 4.80 Å². The molecule has 4 rings (SSSR count). The van der Waals surface area contributed by atoms with Crippen molar-refractivity contribution in [1.29, 1.82) is 0 Å². The number of hydrogen-bond donors (Lipinski definition) is 0. The standard InChI is InChI=1S/C27H33N3O5S2/c1-4-35-25(31)18-30-23-14-11-21(19(2)3)17-24(23)36-27(30)28-26(32)20-9-12-22(13-10-20)37(33,34)29-15-7-5-6-8-16-29/h9-14,17,19H,4-8,15-16,18H2,1-3H3. The number of carbonyl (C=O) groups is 2. The Kier molecular flexibility index (Phi) is 8.61. The van der Waals surface area contributed by atoms with Crippen molar-refractivity contribution in [3.8, 4) is 0 Å². The lowest BCUT2D eigenvalue weighted by Crippen LogP contribution is -2.31. The van der Waals surface area contributed by atoms with E-state index in [1.165, 1.54) is 39.9 Å². The smallest absolute Gasteiger partial charge is 0.326 e. The molecule has 198 valence electrons. The minimum absolute atomic E-state index is 0.0615. The summed E-state index contributed by atoms with van der Waals surface area (Å²) in [5.41, 5.74) is 2.22. The van der Waals surface area contributed by atoms with Crippen LogP contribution >= 0.6 is 11.3 Å². The van der Waals surface area contributed by atoms with Crippen LogP contribution in [-0.2, 0) is 26.1 Å².